The number of carbonyl (C=O) groups is 4. The van der Waals surface area contributed by atoms with Gasteiger partial charge in [-0.25, -0.2) is 4.79 Å². The Balaban J connectivity index is 1.71. The highest BCUT2D eigenvalue weighted by Crippen LogP contribution is 2.21. The van der Waals surface area contributed by atoms with Gasteiger partial charge in [0.05, 0.1) is 0 Å². The van der Waals surface area contributed by atoms with Crippen LogP contribution in [0.3, 0.4) is 0 Å². The van der Waals surface area contributed by atoms with E-state index in [1.54, 1.807) is 24.3 Å². The number of imide groups is 1. The van der Waals surface area contributed by atoms with E-state index < -0.39 is 24.0 Å². The molecule has 0 saturated carbocycles. The highest BCUT2D eigenvalue weighted by atomic mass is 16.2. The summed E-state index contributed by atoms with van der Waals surface area (Å²) < 4.78 is 0. The Labute approximate surface area is 125 Å². The van der Waals surface area contributed by atoms with Gasteiger partial charge in [-0.1, -0.05) is 12.1 Å². The summed E-state index contributed by atoms with van der Waals surface area (Å²) in [4.78, 5) is 46.0. The van der Waals surface area contributed by atoms with Crippen LogP contribution in [0.25, 0.3) is 0 Å². The maximum Gasteiger partial charge on any atom is 0.322 e. The third-order valence-electron chi connectivity index (χ3n) is 3.57. The van der Waals surface area contributed by atoms with Crippen LogP contribution in [0, 0.1) is 0 Å². The van der Waals surface area contributed by atoms with E-state index in [4.69, 9.17) is 0 Å². The van der Waals surface area contributed by atoms with Crippen molar-refractivity contribution in [2.75, 3.05) is 5.32 Å². The molecule has 5 amide bonds. The van der Waals surface area contributed by atoms with Crippen molar-refractivity contribution in [1.29, 1.82) is 0 Å². The number of rotatable bonds is 3. The van der Waals surface area contributed by atoms with E-state index in [0.29, 0.717) is 24.1 Å². The topological polar surface area (TPSA) is 116 Å². The molecule has 2 unspecified atom stereocenters. The zero-order chi connectivity index (χ0) is 15.7. The molecule has 1 aromatic carbocycles. The fourth-order valence-electron chi connectivity index (χ4n) is 2.49. The van der Waals surface area contributed by atoms with Crippen molar-refractivity contribution in [3.05, 3.63) is 29.8 Å². The van der Waals surface area contributed by atoms with E-state index in [1.165, 1.54) is 0 Å². The SMILES string of the molecule is O=C1CCC(C(=O)Nc2cccc(C3NC(=O)NC3=O)c2)N1. The van der Waals surface area contributed by atoms with Crippen LogP contribution in [0.2, 0.25) is 0 Å². The van der Waals surface area contributed by atoms with Crippen molar-refractivity contribution in [3.63, 3.8) is 0 Å². The Bertz CT molecular complexity index is 673. The number of carbonyl (C=O) groups excluding carboxylic acids is 4. The van der Waals surface area contributed by atoms with Gasteiger partial charge in [0.15, 0.2) is 0 Å². The predicted molar refractivity (Wildman–Crippen MR) is 75.7 cm³/mol. The first-order chi connectivity index (χ1) is 10.5. The second-order valence-electron chi connectivity index (χ2n) is 5.17. The van der Waals surface area contributed by atoms with Gasteiger partial charge in [-0.15, -0.1) is 0 Å². The number of hydrogen-bond donors (Lipinski definition) is 4. The molecule has 3 rings (SSSR count). The minimum atomic E-state index is -0.768. The monoisotopic (exact) mass is 302 g/mol. The van der Waals surface area contributed by atoms with Crippen LogP contribution in [0.15, 0.2) is 24.3 Å². The molecule has 2 saturated heterocycles. The molecule has 22 heavy (non-hydrogen) atoms. The second-order valence-corrected chi connectivity index (χ2v) is 5.17. The van der Waals surface area contributed by atoms with Crippen LogP contribution in [0.5, 0.6) is 0 Å². The van der Waals surface area contributed by atoms with Crippen LogP contribution in [0.4, 0.5) is 10.5 Å². The van der Waals surface area contributed by atoms with E-state index in [1.807, 2.05) is 0 Å². The molecule has 114 valence electrons. The first kappa shape index (κ1) is 14.1. The first-order valence-electron chi connectivity index (χ1n) is 6.84. The molecular formula is C14H14N4O4. The minimum Gasteiger partial charge on any atom is -0.344 e. The summed E-state index contributed by atoms with van der Waals surface area (Å²) in [7, 11) is 0. The van der Waals surface area contributed by atoms with Crippen LogP contribution in [0.1, 0.15) is 24.4 Å². The van der Waals surface area contributed by atoms with E-state index in [0.717, 1.165) is 0 Å². The molecule has 2 atom stereocenters. The molecule has 2 aliphatic rings. The second kappa shape index (κ2) is 5.47. The van der Waals surface area contributed by atoms with E-state index >= 15 is 0 Å². The summed E-state index contributed by atoms with van der Waals surface area (Å²) in [5.74, 6) is -0.876. The van der Waals surface area contributed by atoms with Gasteiger partial charge in [-0.05, 0) is 24.1 Å². The highest BCUT2D eigenvalue weighted by Gasteiger charge is 2.31. The molecule has 0 aliphatic carbocycles. The number of benzene rings is 1. The number of hydrogen-bond acceptors (Lipinski definition) is 4. The smallest absolute Gasteiger partial charge is 0.322 e. The van der Waals surface area contributed by atoms with Crippen molar-refractivity contribution in [3.8, 4) is 0 Å². The molecule has 1 aromatic rings. The fraction of sp³-hybridized carbons (Fsp3) is 0.286. The molecule has 0 radical (unpaired) electrons. The maximum atomic E-state index is 12.0. The minimum absolute atomic E-state index is 0.140. The molecule has 2 heterocycles. The van der Waals surface area contributed by atoms with E-state index in [-0.39, 0.29) is 11.8 Å². The summed E-state index contributed by atoms with van der Waals surface area (Å²) in [6, 6.07) is 4.80. The van der Waals surface area contributed by atoms with Gasteiger partial charge in [-0.3, -0.25) is 19.7 Å². The van der Waals surface area contributed by atoms with Gasteiger partial charge in [0, 0.05) is 12.1 Å². The normalized spacial score (nSPS) is 23.7. The number of nitrogens with one attached hydrogen (secondary N) is 4. The van der Waals surface area contributed by atoms with E-state index in [2.05, 4.69) is 21.3 Å². The van der Waals surface area contributed by atoms with Gasteiger partial charge in [0.2, 0.25) is 11.8 Å². The Hall–Kier alpha value is -2.90. The van der Waals surface area contributed by atoms with Crippen LogP contribution in [-0.2, 0) is 14.4 Å². The van der Waals surface area contributed by atoms with Gasteiger partial charge >= 0.3 is 6.03 Å². The Morgan fingerprint density at radius 1 is 1.18 bits per heavy atom. The summed E-state index contributed by atoms with van der Waals surface area (Å²) in [6.45, 7) is 0. The lowest BCUT2D eigenvalue weighted by Crippen LogP contribution is -2.37. The number of urea groups is 1. The first-order valence-corrected chi connectivity index (χ1v) is 6.84. The van der Waals surface area contributed by atoms with Gasteiger partial charge < -0.3 is 16.0 Å². The maximum absolute atomic E-state index is 12.0. The molecule has 4 N–H and O–H groups in total. The summed E-state index contributed by atoms with van der Waals surface area (Å²) in [5, 5.41) is 9.92. The molecular weight excluding hydrogens is 288 g/mol. The zero-order valence-corrected chi connectivity index (χ0v) is 11.5. The largest absolute Gasteiger partial charge is 0.344 e. The van der Waals surface area contributed by atoms with Crippen LogP contribution in [-0.4, -0.2) is 29.8 Å². The lowest BCUT2D eigenvalue weighted by atomic mass is 10.1. The zero-order valence-electron chi connectivity index (χ0n) is 11.5. The van der Waals surface area contributed by atoms with Crippen LogP contribution < -0.4 is 21.3 Å². The van der Waals surface area contributed by atoms with Crippen molar-refractivity contribution in [2.24, 2.45) is 0 Å². The standard InChI is InChI=1S/C14H14N4O4/c19-10-5-4-9(16-10)12(20)15-8-3-1-2-7(6-8)11-13(21)18-14(22)17-11/h1-3,6,9,11H,4-5H2,(H,15,20)(H,16,19)(H2,17,18,21,22). The molecule has 0 spiro atoms. The quantitative estimate of drug-likeness (QED) is 0.578. The average Bonchev–Trinajstić information content (AvgIpc) is 3.05. The Kier molecular flexibility index (Phi) is 3.50. The number of amides is 5. The van der Waals surface area contributed by atoms with Crippen molar-refractivity contribution >= 4 is 29.4 Å². The highest BCUT2D eigenvalue weighted by molar-refractivity contribution is 6.05. The van der Waals surface area contributed by atoms with Gasteiger partial charge in [-0.2, -0.15) is 0 Å². The van der Waals surface area contributed by atoms with Crippen molar-refractivity contribution in [1.82, 2.24) is 16.0 Å². The predicted octanol–water partition coefficient (Wildman–Crippen LogP) is -0.216. The van der Waals surface area contributed by atoms with E-state index in [9.17, 15) is 19.2 Å². The Morgan fingerprint density at radius 3 is 2.64 bits per heavy atom. The molecule has 2 aliphatic heterocycles. The number of anilines is 1. The third-order valence-corrected chi connectivity index (χ3v) is 3.57. The van der Waals surface area contributed by atoms with Crippen LogP contribution >= 0.6 is 0 Å². The van der Waals surface area contributed by atoms with Gasteiger partial charge in [0.1, 0.15) is 12.1 Å². The summed E-state index contributed by atoms with van der Waals surface area (Å²) in [5.41, 5.74) is 1.06. The lowest BCUT2D eigenvalue weighted by molar-refractivity contribution is -0.122. The summed E-state index contributed by atoms with van der Waals surface area (Å²) in [6.07, 6.45) is 0.803. The molecule has 0 bridgehead atoms. The third kappa shape index (κ3) is 2.76. The molecule has 0 aromatic heterocycles. The molecule has 8 nitrogen and oxygen atoms in total. The average molecular weight is 302 g/mol. The molecule has 2 fully saturated rings. The van der Waals surface area contributed by atoms with Crippen molar-refractivity contribution < 1.29 is 19.2 Å². The van der Waals surface area contributed by atoms with Gasteiger partial charge in [0.25, 0.3) is 5.91 Å². The Morgan fingerprint density at radius 2 is 2.00 bits per heavy atom. The molecule has 8 heteroatoms. The fourth-order valence-corrected chi connectivity index (χ4v) is 2.49. The summed E-state index contributed by atoms with van der Waals surface area (Å²) >= 11 is 0. The van der Waals surface area contributed by atoms with Crippen molar-refractivity contribution in [2.45, 2.75) is 24.9 Å². The lowest BCUT2D eigenvalue weighted by Gasteiger charge is -2.13.